The Balaban J connectivity index is 0.00000160. The van der Waals surface area contributed by atoms with Crippen molar-refractivity contribution in [2.45, 2.75) is 18.7 Å². The summed E-state index contributed by atoms with van der Waals surface area (Å²) in [7, 11) is 0. The highest BCUT2D eigenvalue weighted by Gasteiger charge is 2.12. The van der Waals surface area contributed by atoms with E-state index in [1.807, 2.05) is 26.0 Å². The quantitative estimate of drug-likeness (QED) is 0.293. The van der Waals surface area contributed by atoms with Gasteiger partial charge in [0.2, 0.25) is 11.0 Å². The lowest BCUT2D eigenvalue weighted by Gasteiger charge is -2.09. The van der Waals surface area contributed by atoms with E-state index in [0.717, 1.165) is 49.5 Å². The number of H-pyrrole nitrogens is 2. The second-order valence-electron chi connectivity index (χ2n) is 6.84. The highest BCUT2D eigenvalue weighted by atomic mass is 35.5. The maximum atomic E-state index is 13.7. The average molecular weight is 468 g/mol. The zero-order valence-corrected chi connectivity index (χ0v) is 18.8. The van der Waals surface area contributed by atoms with Gasteiger partial charge in [-0.15, -0.1) is 11.8 Å². The maximum absolute atomic E-state index is 13.7. The van der Waals surface area contributed by atoms with E-state index in [4.69, 9.17) is 0 Å². The molecule has 0 aliphatic rings. The van der Waals surface area contributed by atoms with E-state index in [1.165, 1.54) is 18.2 Å². The number of aryl methyl sites for hydroxylation is 2. The zero-order chi connectivity index (χ0) is 19.7. The van der Waals surface area contributed by atoms with Gasteiger partial charge in [0.25, 0.3) is 0 Å². The second kappa shape index (κ2) is 10.2. The number of aromatic nitrogens is 2. The summed E-state index contributed by atoms with van der Waals surface area (Å²) < 4.78 is 27.3. The summed E-state index contributed by atoms with van der Waals surface area (Å²) in [6, 6.07) is 13.6. The van der Waals surface area contributed by atoms with Gasteiger partial charge in [-0.25, -0.2) is 18.7 Å². The molecule has 3 nitrogen and oxygen atoms in total. The Morgan fingerprint density at radius 3 is 2.03 bits per heavy atom. The van der Waals surface area contributed by atoms with Gasteiger partial charge >= 0.3 is 0 Å². The molecule has 0 spiro atoms. The van der Waals surface area contributed by atoms with Crippen molar-refractivity contribution in [3.63, 3.8) is 0 Å². The Kier molecular flexibility index (Phi) is 8.24. The van der Waals surface area contributed by atoms with Crippen LogP contribution in [-0.4, -0.2) is 12.3 Å². The Labute approximate surface area is 190 Å². The molecule has 158 valence electrons. The molecule has 0 aliphatic carbocycles. The smallest absolute Gasteiger partial charge is 0.213 e. The number of anilines is 1. The molecule has 0 fully saturated rings. The lowest BCUT2D eigenvalue weighted by molar-refractivity contribution is -0.355. The third-order valence-electron chi connectivity index (χ3n) is 4.57. The molecule has 0 radical (unpaired) electrons. The summed E-state index contributed by atoms with van der Waals surface area (Å²) in [5, 5.41) is 5.12. The van der Waals surface area contributed by atoms with E-state index in [9.17, 15) is 8.78 Å². The summed E-state index contributed by atoms with van der Waals surface area (Å²) in [4.78, 5) is 7.57. The molecule has 2 heterocycles. The number of halogens is 4. The SMILES string of the molecule is Cc1cc(NCCSc2cc(C)[nH+]c3ccc(F)cc23)c2cc(F)ccc2[nH+]1.[Cl-].[Cl-]. The molecule has 0 unspecified atom stereocenters. The predicted octanol–water partition coefficient (Wildman–Crippen LogP) is -1.27. The van der Waals surface area contributed by atoms with E-state index in [2.05, 4.69) is 15.3 Å². The number of benzene rings is 2. The molecule has 0 atom stereocenters. The summed E-state index contributed by atoms with van der Waals surface area (Å²) in [6.45, 7) is 4.68. The minimum atomic E-state index is -0.258. The van der Waals surface area contributed by atoms with E-state index in [-0.39, 0.29) is 36.4 Å². The molecular weight excluding hydrogens is 447 g/mol. The molecule has 4 aromatic rings. The fraction of sp³-hybridized carbons (Fsp3) is 0.182. The number of fused-ring (bicyclic) bond motifs is 2. The van der Waals surface area contributed by atoms with E-state index in [0.29, 0.717) is 6.54 Å². The van der Waals surface area contributed by atoms with Crippen LogP contribution in [0, 0.1) is 25.5 Å². The van der Waals surface area contributed by atoms with Crippen LogP contribution in [0.3, 0.4) is 0 Å². The molecule has 0 aliphatic heterocycles. The van der Waals surface area contributed by atoms with E-state index >= 15 is 0 Å². The number of rotatable bonds is 5. The molecule has 0 bridgehead atoms. The first-order valence-corrected chi connectivity index (χ1v) is 10.1. The second-order valence-corrected chi connectivity index (χ2v) is 7.97. The summed E-state index contributed by atoms with van der Waals surface area (Å²) in [5.41, 5.74) is 4.76. The third-order valence-corrected chi connectivity index (χ3v) is 5.62. The van der Waals surface area contributed by atoms with Crippen LogP contribution in [0.1, 0.15) is 11.4 Å². The van der Waals surface area contributed by atoms with Gasteiger partial charge in [0, 0.05) is 55.3 Å². The Morgan fingerprint density at radius 2 is 1.37 bits per heavy atom. The van der Waals surface area contributed by atoms with Crippen LogP contribution in [0.25, 0.3) is 21.8 Å². The van der Waals surface area contributed by atoms with E-state index < -0.39 is 0 Å². The molecule has 0 saturated carbocycles. The molecule has 0 amide bonds. The number of thioether (sulfide) groups is 1. The van der Waals surface area contributed by atoms with Gasteiger partial charge in [0.15, 0.2) is 11.4 Å². The van der Waals surface area contributed by atoms with E-state index in [1.54, 1.807) is 30.0 Å². The molecule has 30 heavy (non-hydrogen) atoms. The molecular formula is C22H21Cl2F2N3S. The minimum Gasteiger partial charge on any atom is -1.00 e. The third kappa shape index (κ3) is 5.31. The normalized spacial score (nSPS) is 10.5. The lowest BCUT2D eigenvalue weighted by atomic mass is 10.1. The molecule has 2 aromatic heterocycles. The topological polar surface area (TPSA) is 40.3 Å². The van der Waals surface area contributed by atoms with Crippen molar-refractivity contribution in [1.82, 2.24) is 0 Å². The number of nitrogens with one attached hydrogen (secondary N) is 3. The van der Waals surface area contributed by atoms with Crippen molar-refractivity contribution < 1.29 is 43.6 Å². The molecule has 4 rings (SSSR count). The first kappa shape index (κ1) is 24.1. The minimum absolute atomic E-state index is 0. The van der Waals surface area contributed by atoms with Crippen LogP contribution >= 0.6 is 11.8 Å². The highest BCUT2D eigenvalue weighted by molar-refractivity contribution is 7.99. The first-order valence-electron chi connectivity index (χ1n) is 9.11. The predicted molar refractivity (Wildman–Crippen MR) is 110 cm³/mol. The Hall–Kier alpha value is -2.15. The van der Waals surface area contributed by atoms with Crippen LogP contribution in [0.4, 0.5) is 14.5 Å². The standard InChI is InChI=1S/C22H19F2N3S.2ClH/c1-13-9-21(17-11-15(23)3-5-19(17)26-13)25-7-8-28-22-10-14(2)27-20-6-4-16(24)12-18(20)22;;/h3-6,9-12H,7-8H2,1-2H3,(H,25,26);2*1H. The summed E-state index contributed by atoms with van der Waals surface area (Å²) in [5.74, 6) is 0.296. The summed E-state index contributed by atoms with van der Waals surface area (Å²) >= 11 is 1.67. The van der Waals surface area contributed by atoms with Crippen molar-refractivity contribution in [3.05, 3.63) is 71.6 Å². The molecule has 3 N–H and O–H groups in total. The summed E-state index contributed by atoms with van der Waals surface area (Å²) in [6.07, 6.45) is 0. The first-order chi connectivity index (χ1) is 13.5. The van der Waals surface area contributed by atoms with Gasteiger partial charge in [0.1, 0.15) is 11.6 Å². The van der Waals surface area contributed by atoms with Crippen molar-refractivity contribution in [1.29, 1.82) is 0 Å². The lowest BCUT2D eigenvalue weighted by Crippen LogP contribution is -3.00. The van der Waals surface area contributed by atoms with Crippen LogP contribution in [0.5, 0.6) is 0 Å². The highest BCUT2D eigenvalue weighted by Crippen LogP contribution is 2.27. The van der Waals surface area contributed by atoms with Gasteiger partial charge in [-0.2, -0.15) is 0 Å². The van der Waals surface area contributed by atoms with Crippen LogP contribution in [-0.2, 0) is 0 Å². The fourth-order valence-corrected chi connectivity index (χ4v) is 4.36. The zero-order valence-electron chi connectivity index (χ0n) is 16.5. The monoisotopic (exact) mass is 467 g/mol. The molecule has 2 aromatic carbocycles. The number of hydrogen-bond donors (Lipinski definition) is 1. The molecule has 8 heteroatoms. The van der Waals surface area contributed by atoms with Gasteiger partial charge in [-0.05, 0) is 24.3 Å². The number of aromatic amines is 2. The van der Waals surface area contributed by atoms with Crippen molar-refractivity contribution in [3.8, 4) is 0 Å². The Morgan fingerprint density at radius 1 is 0.800 bits per heavy atom. The fourth-order valence-electron chi connectivity index (χ4n) is 3.36. The van der Waals surface area contributed by atoms with Gasteiger partial charge in [0.05, 0.1) is 16.5 Å². The van der Waals surface area contributed by atoms with Gasteiger partial charge in [-0.3, -0.25) is 0 Å². The van der Waals surface area contributed by atoms with Crippen LogP contribution < -0.4 is 40.1 Å². The van der Waals surface area contributed by atoms with Crippen molar-refractivity contribution >= 4 is 39.3 Å². The number of hydrogen-bond acceptors (Lipinski definition) is 2. The Bertz CT molecular complexity index is 1090. The largest absolute Gasteiger partial charge is 1.00 e. The average Bonchev–Trinajstić information content (AvgIpc) is 2.65. The van der Waals surface area contributed by atoms with Gasteiger partial charge in [-0.1, -0.05) is 0 Å². The van der Waals surface area contributed by atoms with Gasteiger partial charge < -0.3 is 30.1 Å². The van der Waals surface area contributed by atoms with Crippen molar-refractivity contribution in [2.75, 3.05) is 17.6 Å². The maximum Gasteiger partial charge on any atom is 0.213 e. The van der Waals surface area contributed by atoms with Crippen LogP contribution in [0.15, 0.2) is 53.4 Å². The number of pyridine rings is 2. The molecule has 0 saturated heterocycles. The van der Waals surface area contributed by atoms with Crippen LogP contribution in [0.2, 0.25) is 0 Å². The van der Waals surface area contributed by atoms with Crippen molar-refractivity contribution in [2.24, 2.45) is 0 Å².